The molecular weight excluding hydrogens is 214 g/mol. The smallest absolute Gasteiger partial charge is 0.335 e. The predicted molar refractivity (Wildman–Crippen MR) is 57.7 cm³/mol. The number of aromatic carboxylic acids is 1. The molecule has 0 atom stereocenters. The highest BCUT2D eigenvalue weighted by molar-refractivity contribution is 7.97. The third-order valence-electron chi connectivity index (χ3n) is 1.77. The summed E-state index contributed by atoms with van der Waals surface area (Å²) in [6.45, 7) is 1.45. The predicted octanol–water partition coefficient (Wildman–Crippen LogP) is 1.87. The SMILES string of the molecule is CC(=O)N(C)Sc1cccc(C(=O)O)c1. The second kappa shape index (κ2) is 4.84. The van der Waals surface area contributed by atoms with E-state index in [4.69, 9.17) is 5.11 Å². The van der Waals surface area contributed by atoms with Crippen molar-refractivity contribution >= 4 is 23.8 Å². The first-order valence-corrected chi connectivity index (χ1v) is 5.03. The van der Waals surface area contributed by atoms with Crippen LogP contribution >= 0.6 is 11.9 Å². The standard InChI is InChI=1S/C10H11NO3S/c1-7(12)11(2)15-9-5-3-4-8(6-9)10(13)14/h3-6H,1-2H3,(H,13,14). The Balaban J connectivity index is 2.82. The van der Waals surface area contributed by atoms with E-state index in [2.05, 4.69) is 0 Å². The zero-order chi connectivity index (χ0) is 11.4. The Morgan fingerprint density at radius 2 is 2.07 bits per heavy atom. The van der Waals surface area contributed by atoms with Crippen molar-refractivity contribution in [3.8, 4) is 0 Å². The number of nitrogens with zero attached hydrogens (tertiary/aromatic N) is 1. The van der Waals surface area contributed by atoms with Gasteiger partial charge in [-0.3, -0.25) is 9.10 Å². The van der Waals surface area contributed by atoms with E-state index in [1.54, 1.807) is 19.2 Å². The summed E-state index contributed by atoms with van der Waals surface area (Å²) in [4.78, 5) is 22.4. The van der Waals surface area contributed by atoms with E-state index in [0.29, 0.717) is 0 Å². The number of amides is 1. The highest BCUT2D eigenvalue weighted by Gasteiger charge is 2.07. The summed E-state index contributed by atoms with van der Waals surface area (Å²) >= 11 is 1.20. The lowest BCUT2D eigenvalue weighted by atomic mass is 10.2. The minimum Gasteiger partial charge on any atom is -0.478 e. The van der Waals surface area contributed by atoms with Gasteiger partial charge < -0.3 is 5.11 Å². The molecule has 4 nitrogen and oxygen atoms in total. The van der Waals surface area contributed by atoms with E-state index < -0.39 is 5.97 Å². The second-order valence-corrected chi connectivity index (χ2v) is 4.14. The van der Waals surface area contributed by atoms with Gasteiger partial charge in [-0.2, -0.15) is 0 Å². The van der Waals surface area contributed by atoms with Gasteiger partial charge in [-0.05, 0) is 30.1 Å². The molecule has 0 unspecified atom stereocenters. The van der Waals surface area contributed by atoms with Crippen molar-refractivity contribution in [1.29, 1.82) is 0 Å². The molecule has 0 spiro atoms. The van der Waals surface area contributed by atoms with E-state index in [1.165, 1.54) is 35.3 Å². The largest absolute Gasteiger partial charge is 0.478 e. The molecule has 0 aliphatic heterocycles. The van der Waals surface area contributed by atoms with Gasteiger partial charge in [-0.25, -0.2) is 4.79 Å². The quantitative estimate of drug-likeness (QED) is 0.798. The van der Waals surface area contributed by atoms with Crippen molar-refractivity contribution in [3.63, 3.8) is 0 Å². The number of hydrogen-bond donors (Lipinski definition) is 1. The first-order chi connectivity index (χ1) is 7.00. The maximum absolute atomic E-state index is 11.0. The van der Waals surface area contributed by atoms with Crippen molar-refractivity contribution in [2.24, 2.45) is 0 Å². The van der Waals surface area contributed by atoms with Crippen LogP contribution < -0.4 is 0 Å². The number of carboxylic acids is 1. The Morgan fingerprint density at radius 1 is 1.40 bits per heavy atom. The normalized spacial score (nSPS) is 9.73. The van der Waals surface area contributed by atoms with Crippen molar-refractivity contribution in [3.05, 3.63) is 29.8 Å². The fraction of sp³-hybridized carbons (Fsp3) is 0.200. The van der Waals surface area contributed by atoms with Crippen LogP contribution in [0.4, 0.5) is 0 Å². The fourth-order valence-electron chi connectivity index (χ4n) is 0.908. The maximum Gasteiger partial charge on any atom is 0.335 e. The van der Waals surface area contributed by atoms with Crippen LogP contribution in [0.25, 0.3) is 0 Å². The van der Waals surface area contributed by atoms with Crippen molar-refractivity contribution in [2.45, 2.75) is 11.8 Å². The molecule has 0 aliphatic rings. The number of rotatable bonds is 3. The Labute approximate surface area is 92.0 Å². The number of hydrogen-bond acceptors (Lipinski definition) is 3. The molecule has 1 N–H and O–H groups in total. The number of benzene rings is 1. The summed E-state index contributed by atoms with van der Waals surface area (Å²) < 4.78 is 1.45. The van der Waals surface area contributed by atoms with Crippen LogP contribution in [0.3, 0.4) is 0 Å². The molecule has 1 amide bonds. The molecule has 15 heavy (non-hydrogen) atoms. The van der Waals surface area contributed by atoms with Gasteiger partial charge in [0.25, 0.3) is 0 Å². The van der Waals surface area contributed by atoms with Crippen LogP contribution in [0.2, 0.25) is 0 Å². The van der Waals surface area contributed by atoms with Crippen LogP contribution in [-0.2, 0) is 4.79 Å². The molecule has 0 aromatic heterocycles. The lowest BCUT2D eigenvalue weighted by Crippen LogP contribution is -2.14. The average Bonchev–Trinajstić information content (AvgIpc) is 2.18. The molecule has 0 saturated heterocycles. The Kier molecular flexibility index (Phi) is 3.74. The fourth-order valence-corrected chi connectivity index (χ4v) is 1.67. The zero-order valence-electron chi connectivity index (χ0n) is 8.43. The first kappa shape index (κ1) is 11.6. The number of carbonyl (C=O) groups is 2. The third kappa shape index (κ3) is 3.28. The van der Waals surface area contributed by atoms with Gasteiger partial charge in [0.15, 0.2) is 0 Å². The minimum atomic E-state index is -0.970. The van der Waals surface area contributed by atoms with Gasteiger partial charge >= 0.3 is 5.97 Å². The van der Waals surface area contributed by atoms with Crippen LogP contribution in [0, 0.1) is 0 Å². The summed E-state index contributed by atoms with van der Waals surface area (Å²) in [6.07, 6.45) is 0. The monoisotopic (exact) mass is 225 g/mol. The molecule has 0 aliphatic carbocycles. The molecule has 0 heterocycles. The molecule has 0 radical (unpaired) electrons. The van der Waals surface area contributed by atoms with Crippen molar-refractivity contribution < 1.29 is 14.7 Å². The van der Waals surface area contributed by atoms with Gasteiger partial charge in [0.05, 0.1) is 5.56 Å². The summed E-state index contributed by atoms with van der Waals surface area (Å²) in [5, 5.41) is 8.76. The molecular formula is C10H11NO3S. The third-order valence-corrected chi connectivity index (χ3v) is 2.76. The molecule has 0 saturated carbocycles. The highest BCUT2D eigenvalue weighted by Crippen LogP contribution is 2.21. The maximum atomic E-state index is 11.0. The Hall–Kier alpha value is -1.49. The first-order valence-electron chi connectivity index (χ1n) is 4.26. The van der Waals surface area contributed by atoms with Crippen LogP contribution in [0.1, 0.15) is 17.3 Å². The van der Waals surface area contributed by atoms with E-state index in [1.807, 2.05) is 0 Å². The van der Waals surface area contributed by atoms with E-state index in [-0.39, 0.29) is 11.5 Å². The molecule has 1 aromatic carbocycles. The molecule has 1 rings (SSSR count). The molecule has 0 bridgehead atoms. The molecule has 1 aromatic rings. The van der Waals surface area contributed by atoms with Gasteiger partial charge in [-0.15, -0.1) is 0 Å². The second-order valence-electron chi connectivity index (χ2n) is 2.94. The molecule has 0 fully saturated rings. The van der Waals surface area contributed by atoms with E-state index in [9.17, 15) is 9.59 Å². The van der Waals surface area contributed by atoms with Crippen molar-refractivity contribution in [2.75, 3.05) is 7.05 Å². The number of carbonyl (C=O) groups excluding carboxylic acids is 1. The van der Waals surface area contributed by atoms with Gasteiger partial charge in [0.2, 0.25) is 5.91 Å². The Morgan fingerprint density at radius 3 is 2.60 bits per heavy atom. The molecule has 5 heteroatoms. The molecule has 80 valence electrons. The van der Waals surface area contributed by atoms with E-state index in [0.717, 1.165) is 4.90 Å². The van der Waals surface area contributed by atoms with Crippen LogP contribution in [0.5, 0.6) is 0 Å². The van der Waals surface area contributed by atoms with Crippen molar-refractivity contribution in [1.82, 2.24) is 4.31 Å². The lowest BCUT2D eigenvalue weighted by Gasteiger charge is -2.12. The van der Waals surface area contributed by atoms with Gasteiger partial charge in [0.1, 0.15) is 0 Å². The van der Waals surface area contributed by atoms with Crippen LogP contribution in [-0.4, -0.2) is 28.3 Å². The number of carboxylic acid groups (broad SMARTS) is 1. The van der Waals surface area contributed by atoms with E-state index >= 15 is 0 Å². The van der Waals surface area contributed by atoms with Gasteiger partial charge in [-0.1, -0.05) is 6.07 Å². The summed E-state index contributed by atoms with van der Waals surface area (Å²) in [6, 6.07) is 6.46. The zero-order valence-corrected chi connectivity index (χ0v) is 9.25. The average molecular weight is 225 g/mol. The summed E-state index contributed by atoms with van der Waals surface area (Å²) in [5.41, 5.74) is 0.219. The topological polar surface area (TPSA) is 57.6 Å². The summed E-state index contributed by atoms with van der Waals surface area (Å²) in [5.74, 6) is -1.05. The highest BCUT2D eigenvalue weighted by atomic mass is 32.2. The van der Waals surface area contributed by atoms with Crippen LogP contribution in [0.15, 0.2) is 29.2 Å². The lowest BCUT2D eigenvalue weighted by molar-refractivity contribution is -0.123. The summed E-state index contributed by atoms with van der Waals surface area (Å²) in [7, 11) is 1.64. The Bertz CT molecular complexity index is 392. The van der Waals surface area contributed by atoms with Gasteiger partial charge in [0, 0.05) is 18.9 Å². The minimum absolute atomic E-state index is 0.0827.